The summed E-state index contributed by atoms with van der Waals surface area (Å²) in [4.78, 5) is 23.4. The molecule has 7 heteroatoms. The van der Waals surface area contributed by atoms with E-state index in [0.29, 0.717) is 30.4 Å². The normalized spacial score (nSPS) is 22.2. The number of hydrogen-bond acceptors (Lipinski definition) is 3. The van der Waals surface area contributed by atoms with Gasteiger partial charge in [-0.15, -0.1) is 0 Å². The first kappa shape index (κ1) is 20.8. The van der Waals surface area contributed by atoms with Gasteiger partial charge in [-0.1, -0.05) is 0 Å². The maximum absolute atomic E-state index is 13.3. The molecule has 1 aromatic carbocycles. The summed E-state index contributed by atoms with van der Waals surface area (Å²) in [7, 11) is 0. The molecule has 0 aliphatic heterocycles. The fraction of sp³-hybridized carbons (Fsp3) is 0.579. The Labute approximate surface area is 158 Å². The number of alkyl halides is 1. The number of hydrogen-bond donors (Lipinski definition) is 2. The zero-order valence-corrected chi connectivity index (χ0v) is 16.9. The molecule has 0 heterocycles. The molecule has 0 spiro atoms. The molecule has 0 radical (unpaired) electrons. The van der Waals surface area contributed by atoms with Crippen molar-refractivity contribution >= 4 is 25.5 Å². The minimum atomic E-state index is -1.97. The first-order valence-electron chi connectivity index (χ1n) is 8.99. The van der Waals surface area contributed by atoms with Gasteiger partial charge in [0.25, 0.3) is 0 Å². The van der Waals surface area contributed by atoms with Crippen molar-refractivity contribution in [3.05, 3.63) is 35.9 Å². The van der Waals surface area contributed by atoms with Crippen molar-refractivity contribution in [2.24, 2.45) is 5.92 Å². The van der Waals surface area contributed by atoms with Crippen LogP contribution in [-0.4, -0.2) is 42.8 Å². The van der Waals surface area contributed by atoms with Gasteiger partial charge in [0, 0.05) is 0 Å². The van der Waals surface area contributed by atoms with E-state index in [9.17, 15) is 14.0 Å². The Morgan fingerprint density at radius 3 is 2.54 bits per heavy atom. The Hall–Kier alpha value is -1.55. The number of rotatable bonds is 8. The van der Waals surface area contributed by atoms with E-state index in [1.165, 1.54) is 0 Å². The van der Waals surface area contributed by atoms with Gasteiger partial charge in [-0.25, -0.2) is 0 Å². The van der Waals surface area contributed by atoms with E-state index < -0.39 is 26.9 Å². The summed E-state index contributed by atoms with van der Waals surface area (Å²) in [5.41, 5.74) is 2.83. The van der Waals surface area contributed by atoms with E-state index in [1.807, 2.05) is 36.0 Å². The molecule has 2 rings (SSSR count). The van der Waals surface area contributed by atoms with Gasteiger partial charge in [0.15, 0.2) is 0 Å². The second-order valence-corrected chi connectivity index (χ2v) is 11.4. The van der Waals surface area contributed by atoms with E-state index in [1.54, 1.807) is 0 Å². The summed E-state index contributed by atoms with van der Waals surface area (Å²) >= 11 is -1.97. The van der Waals surface area contributed by atoms with Crippen LogP contribution in [0.25, 0.3) is 0 Å². The fourth-order valence-corrected chi connectivity index (χ4v) is 6.15. The van der Waals surface area contributed by atoms with Gasteiger partial charge in [0.1, 0.15) is 0 Å². The van der Waals surface area contributed by atoms with E-state index in [2.05, 4.69) is 5.32 Å². The third-order valence-corrected chi connectivity index (χ3v) is 8.39. The molecule has 5 nitrogen and oxygen atoms in total. The van der Waals surface area contributed by atoms with Crippen LogP contribution in [0.1, 0.15) is 37.7 Å². The average Bonchev–Trinajstić information content (AvgIpc) is 2.62. The number of ether oxygens (including phenoxy) is 1. The Morgan fingerprint density at radius 2 is 1.92 bits per heavy atom. The topological polar surface area (TPSA) is 75.6 Å². The summed E-state index contributed by atoms with van der Waals surface area (Å²) in [6.07, 6.45) is 1.55. The number of amides is 1. The first-order valence-corrected chi connectivity index (χ1v) is 13.1. The second-order valence-electron chi connectivity index (χ2n) is 6.92. The number of carbonyl (C=O) groups excluding carboxylic acids is 1. The van der Waals surface area contributed by atoms with E-state index in [4.69, 9.17) is 9.84 Å². The van der Waals surface area contributed by atoms with Crippen molar-refractivity contribution in [3.63, 3.8) is 0 Å². The molecular formula is C19H27AsFNO4. The number of nitrogens with one attached hydrogen (secondary N) is 1. The van der Waals surface area contributed by atoms with Gasteiger partial charge in [0.05, 0.1) is 0 Å². The van der Waals surface area contributed by atoms with Gasteiger partial charge in [-0.05, 0) is 0 Å². The van der Waals surface area contributed by atoms with Crippen LogP contribution in [0.3, 0.4) is 0 Å². The SMILES string of the molecule is C[As](CC(C[C@H]1CC[C@H](F)CC1)NC(=O)O)C(=O)OCc1ccccc1. The molecule has 1 aliphatic rings. The van der Waals surface area contributed by atoms with Crippen LogP contribution in [0.4, 0.5) is 14.0 Å². The van der Waals surface area contributed by atoms with Gasteiger partial charge >= 0.3 is 158 Å². The van der Waals surface area contributed by atoms with Crippen LogP contribution in [-0.2, 0) is 11.3 Å². The van der Waals surface area contributed by atoms with E-state index in [0.717, 1.165) is 18.4 Å². The van der Waals surface area contributed by atoms with Gasteiger partial charge < -0.3 is 0 Å². The van der Waals surface area contributed by atoms with Gasteiger partial charge in [0.2, 0.25) is 0 Å². The monoisotopic (exact) mass is 427 g/mol. The maximum atomic E-state index is 13.3. The third-order valence-electron chi connectivity index (χ3n) is 4.73. The van der Waals surface area contributed by atoms with Crippen LogP contribution in [0.2, 0.25) is 10.9 Å². The molecule has 0 aromatic heterocycles. The Kier molecular flexibility index (Phi) is 8.43. The Balaban J connectivity index is 1.83. The fourth-order valence-electron chi connectivity index (χ4n) is 3.35. The quantitative estimate of drug-likeness (QED) is 0.596. The van der Waals surface area contributed by atoms with Crippen molar-refractivity contribution in [2.45, 2.75) is 61.8 Å². The summed E-state index contributed by atoms with van der Waals surface area (Å²) in [5.74, 6) is 0.321. The molecule has 1 aliphatic carbocycles. The Bertz CT molecular complexity index is 578. The zero-order valence-electron chi connectivity index (χ0n) is 15.1. The number of carbonyl (C=O) groups is 2. The molecule has 1 fully saturated rings. The van der Waals surface area contributed by atoms with Crippen LogP contribution in [0.5, 0.6) is 0 Å². The van der Waals surface area contributed by atoms with Crippen molar-refractivity contribution in [3.8, 4) is 0 Å². The van der Waals surface area contributed by atoms with E-state index in [-0.39, 0.29) is 17.4 Å². The first-order chi connectivity index (χ1) is 12.4. The molecule has 26 heavy (non-hydrogen) atoms. The summed E-state index contributed by atoms with van der Waals surface area (Å²) < 4.78 is 18.5. The molecule has 0 saturated heterocycles. The van der Waals surface area contributed by atoms with Crippen LogP contribution in [0, 0.1) is 5.92 Å². The predicted molar refractivity (Wildman–Crippen MR) is 99.5 cm³/mol. The predicted octanol–water partition coefficient (Wildman–Crippen LogP) is 4.58. The van der Waals surface area contributed by atoms with Crippen LogP contribution < -0.4 is 5.32 Å². The Morgan fingerprint density at radius 1 is 1.27 bits per heavy atom. The molecule has 0 bridgehead atoms. The number of halogens is 1. The van der Waals surface area contributed by atoms with Gasteiger partial charge in [-0.2, -0.15) is 0 Å². The molecule has 2 N–H and O–H groups in total. The standard InChI is InChI=1S/C19H27AsFNO4/c1-20(18(23)26-13-15-5-3-2-4-6-15)12-17(22-19(24)25)11-14-7-9-16(21)10-8-14/h2-6,14,16-17,22H,7-13H2,1H3,(H,24,25)/t14-,16-,17?,20?. The molecule has 144 valence electrons. The summed E-state index contributed by atoms with van der Waals surface area (Å²) in [5, 5.41) is 12.2. The molecule has 1 aromatic rings. The van der Waals surface area contributed by atoms with Gasteiger partial charge in [-0.3, -0.25) is 0 Å². The second kappa shape index (κ2) is 10.6. The van der Waals surface area contributed by atoms with Crippen LogP contribution >= 0.6 is 0 Å². The summed E-state index contributed by atoms with van der Waals surface area (Å²) in [6.45, 7) is 0.246. The van der Waals surface area contributed by atoms with Crippen LogP contribution in [0.15, 0.2) is 30.3 Å². The third kappa shape index (κ3) is 7.36. The minimum absolute atomic E-state index is 0.189. The number of benzene rings is 1. The molecule has 1 saturated carbocycles. The van der Waals surface area contributed by atoms with E-state index >= 15 is 0 Å². The summed E-state index contributed by atoms with van der Waals surface area (Å²) in [6, 6.07) is 9.23. The molecule has 1 amide bonds. The molecule has 2 unspecified atom stereocenters. The molecule has 2 atom stereocenters. The van der Waals surface area contributed by atoms with Crippen molar-refractivity contribution in [2.75, 3.05) is 0 Å². The number of carboxylic acid groups (broad SMARTS) is 1. The molecular weight excluding hydrogens is 400 g/mol. The van der Waals surface area contributed by atoms with Crippen molar-refractivity contribution < 1.29 is 23.8 Å². The average molecular weight is 427 g/mol. The zero-order chi connectivity index (χ0) is 18.9. The van der Waals surface area contributed by atoms with Crippen molar-refractivity contribution in [1.29, 1.82) is 0 Å². The van der Waals surface area contributed by atoms with Crippen molar-refractivity contribution in [1.82, 2.24) is 5.32 Å².